The van der Waals surface area contributed by atoms with Crippen LogP contribution in [0.4, 0.5) is 5.69 Å². The van der Waals surface area contributed by atoms with E-state index in [4.69, 9.17) is 0 Å². The summed E-state index contributed by atoms with van der Waals surface area (Å²) in [6, 6.07) is 15.3. The van der Waals surface area contributed by atoms with Crippen molar-refractivity contribution < 1.29 is 9.59 Å². The number of anilines is 1. The second kappa shape index (κ2) is 6.71. The first-order valence-electron chi connectivity index (χ1n) is 7.23. The molecule has 5 heteroatoms. The highest BCUT2D eigenvalue weighted by Crippen LogP contribution is 2.24. The zero-order valence-electron chi connectivity index (χ0n) is 12.6. The Morgan fingerprint density at radius 3 is 2.57 bits per heavy atom. The maximum Gasteiger partial charge on any atom is 0.221 e. The van der Waals surface area contributed by atoms with Crippen LogP contribution in [-0.2, 0) is 4.79 Å². The fourth-order valence-corrected chi connectivity index (χ4v) is 3.15. The molecule has 2 N–H and O–H groups in total. The number of hydrogen-bond donors (Lipinski definition) is 2. The Balaban J connectivity index is 1.66. The molecule has 0 spiro atoms. The summed E-state index contributed by atoms with van der Waals surface area (Å²) in [5.74, 6) is 0.375. The second-order valence-electron chi connectivity index (χ2n) is 5.17. The van der Waals surface area contributed by atoms with Crippen LogP contribution in [-0.4, -0.2) is 22.4 Å². The van der Waals surface area contributed by atoms with Gasteiger partial charge in [0.2, 0.25) is 5.91 Å². The summed E-state index contributed by atoms with van der Waals surface area (Å²) < 4.78 is 0. The van der Waals surface area contributed by atoms with Gasteiger partial charge in [-0.2, -0.15) is 0 Å². The maximum atomic E-state index is 12.4. The van der Waals surface area contributed by atoms with Crippen molar-refractivity contribution in [3.63, 3.8) is 0 Å². The Morgan fingerprint density at radius 1 is 1.09 bits per heavy atom. The maximum absolute atomic E-state index is 12.4. The van der Waals surface area contributed by atoms with Crippen LogP contribution >= 0.6 is 11.8 Å². The zero-order valence-corrected chi connectivity index (χ0v) is 13.4. The topological polar surface area (TPSA) is 62.0 Å². The molecular weight excluding hydrogens is 308 g/mol. The Bertz CT molecular complexity index is 853. The lowest BCUT2D eigenvalue weighted by molar-refractivity contribution is -0.114. The highest BCUT2D eigenvalue weighted by molar-refractivity contribution is 8.00. The van der Waals surface area contributed by atoms with E-state index in [0.29, 0.717) is 5.75 Å². The average Bonchev–Trinajstić information content (AvgIpc) is 2.97. The van der Waals surface area contributed by atoms with Crippen LogP contribution in [0.1, 0.15) is 17.3 Å². The zero-order chi connectivity index (χ0) is 16.2. The number of Topliss-reactive ketones (excluding diaryl/α,β-unsaturated/α-hetero) is 1. The number of ketones is 1. The molecule has 0 unspecified atom stereocenters. The van der Waals surface area contributed by atoms with E-state index in [-0.39, 0.29) is 11.7 Å². The minimum atomic E-state index is -0.0973. The molecule has 0 aliphatic heterocycles. The van der Waals surface area contributed by atoms with Crippen LogP contribution in [0.15, 0.2) is 59.6 Å². The van der Waals surface area contributed by atoms with Gasteiger partial charge in [-0.15, -0.1) is 11.8 Å². The molecule has 0 radical (unpaired) electrons. The molecule has 1 aromatic heterocycles. The predicted octanol–water partition coefficient (Wildman–Crippen LogP) is 4.10. The number of H-pyrrole nitrogens is 1. The molecule has 0 atom stereocenters. The molecule has 3 aromatic rings. The van der Waals surface area contributed by atoms with Crippen molar-refractivity contribution in [1.82, 2.24) is 4.98 Å². The molecule has 0 fully saturated rings. The van der Waals surface area contributed by atoms with Gasteiger partial charge in [0.25, 0.3) is 0 Å². The van der Waals surface area contributed by atoms with E-state index >= 15 is 0 Å². The molecule has 1 heterocycles. The van der Waals surface area contributed by atoms with Crippen LogP contribution in [0.25, 0.3) is 10.9 Å². The number of aromatic nitrogens is 1. The standard InChI is InChI=1S/C18H16N2O2S/c1-12(21)20-13-6-8-14(9-7-13)23-11-18(22)16-10-19-17-5-3-2-4-15(16)17/h2-10,19H,11H2,1H3,(H,20,21). The van der Waals surface area contributed by atoms with Crippen LogP contribution in [0, 0.1) is 0 Å². The lowest BCUT2D eigenvalue weighted by Crippen LogP contribution is -2.05. The average molecular weight is 324 g/mol. The molecule has 0 bridgehead atoms. The number of carbonyl (C=O) groups excluding carboxylic acids is 2. The molecule has 0 saturated carbocycles. The summed E-state index contributed by atoms with van der Waals surface area (Å²) in [4.78, 5) is 27.5. The fourth-order valence-electron chi connectivity index (χ4n) is 2.37. The minimum absolute atomic E-state index is 0.0957. The summed E-state index contributed by atoms with van der Waals surface area (Å²) in [6.45, 7) is 1.47. The van der Waals surface area contributed by atoms with Gasteiger partial charge in [0.05, 0.1) is 5.75 Å². The SMILES string of the molecule is CC(=O)Nc1ccc(SCC(=O)c2c[nH]c3ccccc23)cc1. The molecule has 4 nitrogen and oxygen atoms in total. The van der Waals surface area contributed by atoms with Crippen LogP contribution < -0.4 is 5.32 Å². The van der Waals surface area contributed by atoms with E-state index in [2.05, 4.69) is 10.3 Å². The number of nitrogens with one attached hydrogen (secondary N) is 2. The van der Waals surface area contributed by atoms with Crippen LogP contribution in [0.5, 0.6) is 0 Å². The van der Waals surface area contributed by atoms with Crippen molar-refractivity contribution in [2.24, 2.45) is 0 Å². The predicted molar refractivity (Wildman–Crippen MR) is 94.1 cm³/mol. The highest BCUT2D eigenvalue weighted by Gasteiger charge is 2.12. The van der Waals surface area contributed by atoms with Gasteiger partial charge in [0, 0.05) is 40.2 Å². The first kappa shape index (κ1) is 15.4. The van der Waals surface area contributed by atoms with E-state index in [1.165, 1.54) is 18.7 Å². The minimum Gasteiger partial charge on any atom is -0.360 e. The summed E-state index contributed by atoms with van der Waals surface area (Å²) >= 11 is 1.49. The first-order chi connectivity index (χ1) is 11.1. The van der Waals surface area contributed by atoms with Gasteiger partial charge < -0.3 is 10.3 Å². The third kappa shape index (κ3) is 3.63. The van der Waals surface area contributed by atoms with E-state index in [1.54, 1.807) is 6.20 Å². The lowest BCUT2D eigenvalue weighted by atomic mass is 10.1. The Kier molecular flexibility index (Phi) is 4.48. The highest BCUT2D eigenvalue weighted by atomic mass is 32.2. The summed E-state index contributed by atoms with van der Waals surface area (Å²) in [5, 5.41) is 3.68. The third-order valence-corrected chi connectivity index (χ3v) is 4.45. The van der Waals surface area contributed by atoms with Crippen molar-refractivity contribution in [2.45, 2.75) is 11.8 Å². The van der Waals surface area contributed by atoms with Crippen molar-refractivity contribution in [1.29, 1.82) is 0 Å². The van der Waals surface area contributed by atoms with Gasteiger partial charge in [0.1, 0.15) is 0 Å². The number of rotatable bonds is 5. The fraction of sp³-hybridized carbons (Fsp3) is 0.111. The van der Waals surface area contributed by atoms with Gasteiger partial charge in [0.15, 0.2) is 5.78 Å². The quantitative estimate of drug-likeness (QED) is 0.548. The number of thioether (sulfide) groups is 1. The van der Waals surface area contributed by atoms with Gasteiger partial charge in [-0.1, -0.05) is 18.2 Å². The molecule has 23 heavy (non-hydrogen) atoms. The Morgan fingerprint density at radius 2 is 1.83 bits per heavy atom. The van der Waals surface area contributed by atoms with Crippen molar-refractivity contribution in [3.8, 4) is 0 Å². The summed E-state index contributed by atoms with van der Waals surface area (Å²) in [5.41, 5.74) is 2.45. The van der Waals surface area contributed by atoms with E-state index in [0.717, 1.165) is 27.0 Å². The van der Waals surface area contributed by atoms with Crippen molar-refractivity contribution in [2.75, 3.05) is 11.1 Å². The molecule has 2 aromatic carbocycles. The molecule has 116 valence electrons. The van der Waals surface area contributed by atoms with Gasteiger partial charge in [-0.05, 0) is 30.3 Å². The largest absolute Gasteiger partial charge is 0.360 e. The van der Waals surface area contributed by atoms with Crippen LogP contribution in [0.3, 0.4) is 0 Å². The molecule has 0 aliphatic carbocycles. The number of hydrogen-bond acceptors (Lipinski definition) is 3. The molecule has 3 rings (SSSR count). The number of benzene rings is 2. The molecule has 0 saturated heterocycles. The number of aromatic amines is 1. The smallest absolute Gasteiger partial charge is 0.221 e. The number of fused-ring (bicyclic) bond motifs is 1. The second-order valence-corrected chi connectivity index (χ2v) is 6.21. The normalized spacial score (nSPS) is 10.7. The molecule has 1 amide bonds. The Labute approximate surface area is 138 Å². The number of amides is 1. The molecule has 0 aliphatic rings. The Hall–Kier alpha value is -2.53. The lowest BCUT2D eigenvalue weighted by Gasteiger charge is -2.04. The van der Waals surface area contributed by atoms with Gasteiger partial charge in [-0.3, -0.25) is 9.59 Å². The molecular formula is C18H16N2O2S. The van der Waals surface area contributed by atoms with Crippen molar-refractivity contribution >= 4 is 40.0 Å². The third-order valence-electron chi connectivity index (χ3n) is 3.43. The monoisotopic (exact) mass is 324 g/mol. The van der Waals surface area contributed by atoms with E-state index < -0.39 is 0 Å². The first-order valence-corrected chi connectivity index (χ1v) is 8.22. The van der Waals surface area contributed by atoms with E-state index in [1.807, 2.05) is 48.5 Å². The summed E-state index contributed by atoms with van der Waals surface area (Å²) in [6.07, 6.45) is 1.77. The van der Waals surface area contributed by atoms with E-state index in [9.17, 15) is 9.59 Å². The summed E-state index contributed by atoms with van der Waals surface area (Å²) in [7, 11) is 0. The van der Waals surface area contributed by atoms with Gasteiger partial charge >= 0.3 is 0 Å². The van der Waals surface area contributed by atoms with Crippen LogP contribution in [0.2, 0.25) is 0 Å². The number of carbonyl (C=O) groups is 2. The number of para-hydroxylation sites is 1. The van der Waals surface area contributed by atoms with Crippen molar-refractivity contribution in [3.05, 3.63) is 60.3 Å². The van der Waals surface area contributed by atoms with Gasteiger partial charge in [-0.25, -0.2) is 0 Å².